The van der Waals surface area contributed by atoms with Crippen molar-refractivity contribution in [3.05, 3.63) is 17.6 Å². The topological polar surface area (TPSA) is 52.1 Å². The number of carbonyl (C=O) groups is 1. The number of hydrogen-bond acceptors (Lipinski definition) is 5. The highest BCUT2D eigenvalue weighted by Crippen LogP contribution is 2.21. The first kappa shape index (κ1) is 13.0. The van der Waals surface area contributed by atoms with E-state index in [-0.39, 0.29) is 5.97 Å². The quantitative estimate of drug-likeness (QED) is 0.449. The number of hydrogen-bond donors (Lipinski definition) is 0. The zero-order valence-electron chi connectivity index (χ0n) is 9.82. The second kappa shape index (κ2) is 6.48. The van der Waals surface area contributed by atoms with E-state index in [4.69, 9.17) is 4.74 Å². The van der Waals surface area contributed by atoms with Gasteiger partial charge in [0.1, 0.15) is 16.4 Å². The summed E-state index contributed by atoms with van der Waals surface area (Å²) >= 11 is 1.56. The van der Waals surface area contributed by atoms with Crippen molar-refractivity contribution in [3.8, 4) is 0 Å². The minimum absolute atomic E-state index is 0.346. The van der Waals surface area contributed by atoms with Crippen LogP contribution in [0.1, 0.15) is 36.5 Å². The van der Waals surface area contributed by atoms with Crippen LogP contribution < -0.4 is 0 Å². The van der Waals surface area contributed by atoms with Gasteiger partial charge >= 0.3 is 5.97 Å². The smallest absolute Gasteiger partial charge is 0.342 e. The van der Waals surface area contributed by atoms with E-state index < -0.39 is 0 Å². The molecule has 0 aliphatic heterocycles. The van der Waals surface area contributed by atoms with E-state index in [9.17, 15) is 4.79 Å². The summed E-state index contributed by atoms with van der Waals surface area (Å²) in [5.41, 5.74) is 0.464. The highest BCUT2D eigenvalue weighted by molar-refractivity contribution is 7.99. The van der Waals surface area contributed by atoms with Crippen molar-refractivity contribution in [3.63, 3.8) is 0 Å². The minimum atomic E-state index is -0.346. The lowest BCUT2D eigenvalue weighted by Gasteiger charge is -2.07. The molecule has 16 heavy (non-hydrogen) atoms. The Morgan fingerprint density at radius 1 is 1.50 bits per heavy atom. The Morgan fingerprint density at radius 3 is 2.88 bits per heavy atom. The number of esters is 1. The van der Waals surface area contributed by atoms with E-state index in [1.54, 1.807) is 24.9 Å². The van der Waals surface area contributed by atoms with Gasteiger partial charge in [0, 0.05) is 6.20 Å². The number of aryl methyl sites for hydroxylation is 1. The third kappa shape index (κ3) is 3.48. The predicted molar refractivity (Wildman–Crippen MR) is 63.7 cm³/mol. The van der Waals surface area contributed by atoms with Crippen molar-refractivity contribution in [2.45, 2.75) is 32.2 Å². The molecule has 0 spiro atoms. The minimum Gasteiger partial charge on any atom is -0.462 e. The van der Waals surface area contributed by atoms with Gasteiger partial charge in [-0.1, -0.05) is 6.92 Å². The molecule has 0 amide bonds. The van der Waals surface area contributed by atoms with Gasteiger partial charge in [-0.05, 0) is 26.0 Å². The van der Waals surface area contributed by atoms with Crippen LogP contribution in [0.5, 0.6) is 0 Å². The van der Waals surface area contributed by atoms with E-state index in [0.717, 1.165) is 12.2 Å². The van der Waals surface area contributed by atoms with Gasteiger partial charge in [-0.2, -0.15) is 0 Å². The van der Waals surface area contributed by atoms with Gasteiger partial charge in [0.05, 0.1) is 6.61 Å². The molecular formula is C11H16N2O2S. The molecule has 1 aromatic rings. The standard InChI is InChI=1S/C11H16N2O2S/c1-4-6-16-10-9(11(14)15-5-2)7-12-8(3)13-10/h7H,4-6H2,1-3H3. The maximum atomic E-state index is 11.6. The molecule has 0 atom stereocenters. The molecular weight excluding hydrogens is 224 g/mol. The summed E-state index contributed by atoms with van der Waals surface area (Å²) < 4.78 is 4.96. The van der Waals surface area contributed by atoms with E-state index in [1.165, 1.54) is 0 Å². The summed E-state index contributed by atoms with van der Waals surface area (Å²) in [5, 5.41) is 0.716. The zero-order chi connectivity index (χ0) is 12.0. The lowest BCUT2D eigenvalue weighted by molar-refractivity contribution is 0.0520. The van der Waals surface area contributed by atoms with Crippen LogP contribution in [-0.4, -0.2) is 28.3 Å². The van der Waals surface area contributed by atoms with Crippen LogP contribution in [-0.2, 0) is 4.74 Å². The average molecular weight is 240 g/mol. The average Bonchev–Trinajstić information content (AvgIpc) is 2.26. The molecule has 1 rings (SSSR count). The predicted octanol–water partition coefficient (Wildman–Crippen LogP) is 2.46. The van der Waals surface area contributed by atoms with Crippen LogP contribution >= 0.6 is 11.8 Å². The van der Waals surface area contributed by atoms with Crippen molar-refractivity contribution in [2.75, 3.05) is 12.4 Å². The number of aromatic nitrogens is 2. The normalized spacial score (nSPS) is 10.2. The van der Waals surface area contributed by atoms with Crippen molar-refractivity contribution in [1.82, 2.24) is 9.97 Å². The van der Waals surface area contributed by atoms with Gasteiger partial charge in [-0.25, -0.2) is 14.8 Å². The van der Waals surface area contributed by atoms with E-state index in [2.05, 4.69) is 16.9 Å². The molecule has 0 fully saturated rings. The highest BCUT2D eigenvalue weighted by Gasteiger charge is 2.14. The second-order valence-corrected chi connectivity index (χ2v) is 4.29. The number of nitrogens with zero attached hydrogens (tertiary/aromatic N) is 2. The second-order valence-electron chi connectivity index (χ2n) is 3.20. The molecule has 0 N–H and O–H groups in total. The summed E-state index contributed by atoms with van der Waals surface area (Å²) in [6.45, 7) is 6.05. The van der Waals surface area contributed by atoms with Gasteiger partial charge in [0.15, 0.2) is 0 Å². The van der Waals surface area contributed by atoms with E-state index in [0.29, 0.717) is 23.0 Å². The van der Waals surface area contributed by atoms with Gasteiger partial charge in [0.2, 0.25) is 0 Å². The van der Waals surface area contributed by atoms with Crippen LogP contribution in [0.4, 0.5) is 0 Å². The highest BCUT2D eigenvalue weighted by atomic mass is 32.2. The summed E-state index contributed by atoms with van der Waals surface area (Å²) in [7, 11) is 0. The lowest BCUT2D eigenvalue weighted by Crippen LogP contribution is -2.09. The van der Waals surface area contributed by atoms with Crippen molar-refractivity contribution in [1.29, 1.82) is 0 Å². The Bertz CT molecular complexity index is 369. The van der Waals surface area contributed by atoms with Gasteiger partial charge in [-0.3, -0.25) is 0 Å². The Kier molecular flexibility index (Phi) is 5.25. The Labute approximate surface area is 99.8 Å². The fourth-order valence-corrected chi connectivity index (χ4v) is 1.99. The zero-order valence-corrected chi connectivity index (χ0v) is 10.6. The molecule has 0 unspecified atom stereocenters. The third-order valence-corrected chi connectivity index (χ3v) is 3.01. The van der Waals surface area contributed by atoms with Crippen LogP contribution in [0.3, 0.4) is 0 Å². The number of ether oxygens (including phenoxy) is 1. The molecule has 0 aliphatic carbocycles. The first-order valence-electron chi connectivity index (χ1n) is 5.32. The van der Waals surface area contributed by atoms with Crippen LogP contribution in [0.15, 0.2) is 11.2 Å². The third-order valence-electron chi connectivity index (χ3n) is 1.81. The summed E-state index contributed by atoms with van der Waals surface area (Å²) in [4.78, 5) is 19.9. The van der Waals surface area contributed by atoms with Crippen LogP contribution in [0.25, 0.3) is 0 Å². The summed E-state index contributed by atoms with van der Waals surface area (Å²) in [6.07, 6.45) is 2.58. The molecule has 0 bridgehead atoms. The molecule has 4 nitrogen and oxygen atoms in total. The van der Waals surface area contributed by atoms with Gasteiger partial charge < -0.3 is 4.74 Å². The molecule has 0 saturated carbocycles. The molecule has 0 saturated heterocycles. The Morgan fingerprint density at radius 2 is 2.25 bits per heavy atom. The SMILES string of the molecule is CCCSc1nc(C)ncc1C(=O)OCC. The van der Waals surface area contributed by atoms with E-state index >= 15 is 0 Å². The van der Waals surface area contributed by atoms with Crippen molar-refractivity contribution in [2.24, 2.45) is 0 Å². The summed E-state index contributed by atoms with van der Waals surface area (Å²) in [6, 6.07) is 0. The monoisotopic (exact) mass is 240 g/mol. The Balaban J connectivity index is 2.92. The van der Waals surface area contributed by atoms with Gasteiger partial charge in [0.25, 0.3) is 0 Å². The van der Waals surface area contributed by atoms with E-state index in [1.807, 2.05) is 6.92 Å². The van der Waals surface area contributed by atoms with Crippen LogP contribution in [0, 0.1) is 6.92 Å². The fraction of sp³-hybridized carbons (Fsp3) is 0.545. The first-order valence-corrected chi connectivity index (χ1v) is 6.31. The molecule has 1 heterocycles. The molecule has 0 aromatic carbocycles. The van der Waals surface area contributed by atoms with Crippen LogP contribution in [0.2, 0.25) is 0 Å². The van der Waals surface area contributed by atoms with Gasteiger partial charge in [-0.15, -0.1) is 11.8 Å². The number of thioether (sulfide) groups is 1. The number of rotatable bonds is 5. The molecule has 0 radical (unpaired) electrons. The maximum absolute atomic E-state index is 11.6. The molecule has 88 valence electrons. The van der Waals surface area contributed by atoms with Crippen molar-refractivity contribution < 1.29 is 9.53 Å². The molecule has 0 aliphatic rings. The fourth-order valence-electron chi connectivity index (χ4n) is 1.11. The lowest BCUT2D eigenvalue weighted by atomic mass is 10.3. The van der Waals surface area contributed by atoms with Crippen molar-refractivity contribution >= 4 is 17.7 Å². The molecule has 5 heteroatoms. The molecule has 1 aromatic heterocycles. The first-order chi connectivity index (χ1) is 7.69. The summed E-state index contributed by atoms with van der Waals surface area (Å²) in [5.74, 6) is 1.26. The number of carbonyl (C=O) groups excluding carboxylic acids is 1. The Hall–Kier alpha value is -1.10. The maximum Gasteiger partial charge on any atom is 0.342 e. The largest absolute Gasteiger partial charge is 0.462 e.